The first kappa shape index (κ1) is 8.55. The molecule has 12 heavy (non-hydrogen) atoms. The molecule has 0 bridgehead atoms. The molecule has 1 heterocycles. The van der Waals surface area contributed by atoms with Gasteiger partial charge in [-0.1, -0.05) is 13.8 Å². The van der Waals surface area contributed by atoms with E-state index >= 15 is 0 Å². The maximum Gasteiger partial charge on any atom is 0.0633 e. The van der Waals surface area contributed by atoms with Crippen LogP contribution in [0.2, 0.25) is 0 Å². The van der Waals surface area contributed by atoms with E-state index in [-0.39, 0.29) is 0 Å². The van der Waals surface area contributed by atoms with Crippen molar-refractivity contribution in [2.24, 2.45) is 17.8 Å². The van der Waals surface area contributed by atoms with Crippen molar-refractivity contribution in [3.05, 3.63) is 0 Å². The molecule has 0 aromatic rings. The lowest BCUT2D eigenvalue weighted by Crippen LogP contribution is -2.32. The van der Waals surface area contributed by atoms with Crippen LogP contribution >= 0.6 is 0 Å². The molecule has 0 N–H and O–H groups in total. The van der Waals surface area contributed by atoms with Crippen LogP contribution in [0.15, 0.2) is 0 Å². The zero-order valence-corrected chi connectivity index (χ0v) is 8.25. The van der Waals surface area contributed by atoms with E-state index in [0.717, 1.165) is 24.4 Å². The highest BCUT2D eigenvalue weighted by molar-refractivity contribution is 4.89. The molecule has 0 aromatic carbocycles. The minimum Gasteiger partial charge on any atom is -0.378 e. The van der Waals surface area contributed by atoms with Crippen LogP contribution in [0.3, 0.4) is 0 Å². The SMILES string of the molecule is CC(C)C1CCC2CCCOC21. The zero-order chi connectivity index (χ0) is 8.55. The number of hydrogen-bond acceptors (Lipinski definition) is 1. The lowest BCUT2D eigenvalue weighted by molar-refractivity contribution is -0.0429. The highest BCUT2D eigenvalue weighted by atomic mass is 16.5. The lowest BCUT2D eigenvalue weighted by atomic mass is 9.88. The first-order chi connectivity index (χ1) is 5.79. The van der Waals surface area contributed by atoms with E-state index in [2.05, 4.69) is 13.8 Å². The number of ether oxygens (including phenoxy) is 1. The highest BCUT2D eigenvalue weighted by Gasteiger charge is 2.39. The third kappa shape index (κ3) is 1.39. The van der Waals surface area contributed by atoms with Crippen molar-refractivity contribution in [1.29, 1.82) is 0 Å². The van der Waals surface area contributed by atoms with Crippen molar-refractivity contribution in [3.63, 3.8) is 0 Å². The maximum atomic E-state index is 5.88. The van der Waals surface area contributed by atoms with Gasteiger partial charge in [-0.3, -0.25) is 0 Å². The van der Waals surface area contributed by atoms with Crippen molar-refractivity contribution < 1.29 is 4.74 Å². The van der Waals surface area contributed by atoms with Crippen LogP contribution < -0.4 is 0 Å². The normalized spacial score (nSPS) is 41.8. The average Bonchev–Trinajstić information content (AvgIpc) is 2.47. The molecule has 2 aliphatic rings. The van der Waals surface area contributed by atoms with Crippen LogP contribution in [-0.2, 0) is 4.74 Å². The van der Waals surface area contributed by atoms with E-state index < -0.39 is 0 Å². The molecule has 2 rings (SSSR count). The third-order valence-corrected chi connectivity index (χ3v) is 3.64. The van der Waals surface area contributed by atoms with E-state index in [9.17, 15) is 0 Å². The minimum absolute atomic E-state index is 0.624. The van der Waals surface area contributed by atoms with Gasteiger partial charge < -0.3 is 4.74 Å². The monoisotopic (exact) mass is 168 g/mol. The Kier molecular flexibility index (Phi) is 2.40. The van der Waals surface area contributed by atoms with Crippen LogP contribution in [0.5, 0.6) is 0 Å². The van der Waals surface area contributed by atoms with Crippen LogP contribution in [-0.4, -0.2) is 12.7 Å². The fraction of sp³-hybridized carbons (Fsp3) is 1.00. The molecule has 0 amide bonds. The molecule has 1 aliphatic carbocycles. The molecule has 1 aliphatic heterocycles. The van der Waals surface area contributed by atoms with Gasteiger partial charge >= 0.3 is 0 Å². The predicted molar refractivity (Wildman–Crippen MR) is 50.0 cm³/mol. The topological polar surface area (TPSA) is 9.23 Å². The summed E-state index contributed by atoms with van der Waals surface area (Å²) in [5.74, 6) is 2.58. The Labute approximate surface area is 75.5 Å². The van der Waals surface area contributed by atoms with E-state index in [0.29, 0.717) is 6.10 Å². The molecule has 0 radical (unpaired) electrons. The smallest absolute Gasteiger partial charge is 0.0633 e. The molecule has 2 fully saturated rings. The summed E-state index contributed by atoms with van der Waals surface area (Å²) in [4.78, 5) is 0. The molecule has 70 valence electrons. The molecular formula is C11H20O. The minimum atomic E-state index is 0.624. The second kappa shape index (κ2) is 3.37. The largest absolute Gasteiger partial charge is 0.378 e. The van der Waals surface area contributed by atoms with Gasteiger partial charge in [-0.25, -0.2) is 0 Å². The third-order valence-electron chi connectivity index (χ3n) is 3.64. The predicted octanol–water partition coefficient (Wildman–Crippen LogP) is 2.85. The number of rotatable bonds is 1. The van der Waals surface area contributed by atoms with Gasteiger partial charge in [0, 0.05) is 6.61 Å². The van der Waals surface area contributed by atoms with Gasteiger partial charge in [-0.05, 0) is 43.4 Å². The van der Waals surface area contributed by atoms with Crippen molar-refractivity contribution >= 4 is 0 Å². The highest BCUT2D eigenvalue weighted by Crippen LogP contribution is 2.42. The first-order valence-electron chi connectivity index (χ1n) is 5.40. The van der Waals surface area contributed by atoms with E-state index in [4.69, 9.17) is 4.74 Å². The van der Waals surface area contributed by atoms with Crippen molar-refractivity contribution in [3.8, 4) is 0 Å². The fourth-order valence-electron chi connectivity index (χ4n) is 2.93. The van der Waals surface area contributed by atoms with Crippen LogP contribution in [0.1, 0.15) is 39.5 Å². The van der Waals surface area contributed by atoms with Crippen LogP contribution in [0.4, 0.5) is 0 Å². The van der Waals surface area contributed by atoms with Gasteiger partial charge in [0.05, 0.1) is 6.10 Å². The lowest BCUT2D eigenvalue weighted by Gasteiger charge is -2.31. The Balaban J connectivity index is 2.01. The molecule has 0 aromatic heterocycles. The standard InChI is InChI=1S/C11H20O/c1-8(2)10-6-5-9-4-3-7-12-11(9)10/h8-11H,3-7H2,1-2H3. The summed E-state index contributed by atoms with van der Waals surface area (Å²) in [6.45, 7) is 5.69. The van der Waals surface area contributed by atoms with Crippen LogP contribution in [0, 0.1) is 17.8 Å². The number of hydrogen-bond donors (Lipinski definition) is 0. The van der Waals surface area contributed by atoms with Crippen molar-refractivity contribution in [2.75, 3.05) is 6.61 Å². The first-order valence-corrected chi connectivity index (χ1v) is 5.40. The van der Waals surface area contributed by atoms with Crippen LogP contribution in [0.25, 0.3) is 0 Å². The number of fused-ring (bicyclic) bond motifs is 1. The summed E-state index contributed by atoms with van der Waals surface area (Å²) in [5.41, 5.74) is 0. The Bertz CT molecular complexity index is 153. The van der Waals surface area contributed by atoms with E-state index in [1.54, 1.807) is 0 Å². The van der Waals surface area contributed by atoms with Crippen molar-refractivity contribution in [2.45, 2.75) is 45.6 Å². The summed E-state index contributed by atoms with van der Waals surface area (Å²) >= 11 is 0. The summed E-state index contributed by atoms with van der Waals surface area (Å²) in [5, 5.41) is 0. The molecule has 1 nitrogen and oxygen atoms in total. The Morgan fingerprint density at radius 1 is 1.17 bits per heavy atom. The molecule has 1 saturated carbocycles. The Morgan fingerprint density at radius 2 is 2.00 bits per heavy atom. The maximum absolute atomic E-state index is 5.88. The second-order valence-corrected chi connectivity index (χ2v) is 4.72. The molecular weight excluding hydrogens is 148 g/mol. The summed E-state index contributed by atoms with van der Waals surface area (Å²) in [6.07, 6.45) is 6.18. The van der Waals surface area contributed by atoms with E-state index in [1.165, 1.54) is 25.7 Å². The van der Waals surface area contributed by atoms with Gasteiger partial charge in [0.25, 0.3) is 0 Å². The Morgan fingerprint density at radius 3 is 2.75 bits per heavy atom. The molecule has 0 spiro atoms. The quantitative estimate of drug-likeness (QED) is 0.585. The van der Waals surface area contributed by atoms with Crippen molar-refractivity contribution in [1.82, 2.24) is 0 Å². The molecule has 3 atom stereocenters. The average molecular weight is 168 g/mol. The molecule has 3 unspecified atom stereocenters. The summed E-state index contributed by atoms with van der Waals surface area (Å²) in [6, 6.07) is 0. The Hall–Kier alpha value is -0.0400. The zero-order valence-electron chi connectivity index (χ0n) is 8.25. The van der Waals surface area contributed by atoms with Gasteiger partial charge in [0.1, 0.15) is 0 Å². The van der Waals surface area contributed by atoms with E-state index in [1.807, 2.05) is 0 Å². The summed E-state index contributed by atoms with van der Waals surface area (Å²) < 4.78 is 5.88. The molecule has 1 heteroatoms. The fourth-order valence-corrected chi connectivity index (χ4v) is 2.93. The molecule has 1 saturated heterocycles. The second-order valence-electron chi connectivity index (χ2n) is 4.72. The van der Waals surface area contributed by atoms with Gasteiger partial charge in [-0.2, -0.15) is 0 Å². The summed E-state index contributed by atoms with van der Waals surface area (Å²) in [7, 11) is 0. The van der Waals surface area contributed by atoms with Gasteiger partial charge in [0.15, 0.2) is 0 Å². The van der Waals surface area contributed by atoms with Gasteiger partial charge in [0.2, 0.25) is 0 Å². The van der Waals surface area contributed by atoms with Gasteiger partial charge in [-0.15, -0.1) is 0 Å².